The van der Waals surface area contributed by atoms with E-state index in [0.29, 0.717) is 29.6 Å². The highest BCUT2D eigenvalue weighted by Crippen LogP contribution is 2.43. The van der Waals surface area contributed by atoms with Gasteiger partial charge in [-0.05, 0) is 82.7 Å². The molecular weight excluding hydrogens is 578 g/mol. The van der Waals surface area contributed by atoms with Crippen LogP contribution >= 0.6 is 11.6 Å². The maximum atomic E-state index is 12.9. The molecule has 2 atom stereocenters. The molecule has 2 N–H and O–H groups in total. The summed E-state index contributed by atoms with van der Waals surface area (Å²) in [6.07, 6.45) is 7.47. The number of hydrogen-bond donors (Lipinski definition) is 2. The van der Waals surface area contributed by atoms with Crippen molar-refractivity contribution in [3.05, 3.63) is 40.7 Å². The number of hydrogen-bond acceptors (Lipinski definition) is 10. The molecular formula is C29H38ClN7O4S. The number of halogens is 1. The zero-order chi connectivity index (χ0) is 29.8. The summed E-state index contributed by atoms with van der Waals surface area (Å²) in [7, 11) is 0.238. The molecule has 42 heavy (non-hydrogen) atoms. The smallest absolute Gasteiger partial charge is 0.229 e. The number of rotatable bonds is 9. The number of piperidine rings is 1. The molecule has 2 aliphatic heterocycles. The van der Waals surface area contributed by atoms with Crippen LogP contribution in [0, 0.1) is 6.92 Å². The van der Waals surface area contributed by atoms with Gasteiger partial charge in [-0.15, -0.1) is 0 Å². The van der Waals surface area contributed by atoms with Crippen LogP contribution in [0.25, 0.3) is 0 Å². The molecule has 0 spiro atoms. The summed E-state index contributed by atoms with van der Waals surface area (Å²) in [5.41, 5.74) is 3.57. The van der Waals surface area contributed by atoms with Gasteiger partial charge in [0.15, 0.2) is 5.82 Å². The van der Waals surface area contributed by atoms with Crippen LogP contribution in [0.4, 0.5) is 23.1 Å². The van der Waals surface area contributed by atoms with Crippen LogP contribution < -0.4 is 15.4 Å². The molecule has 4 heterocycles. The van der Waals surface area contributed by atoms with Crippen molar-refractivity contribution in [1.29, 1.82) is 0 Å². The first-order valence-electron chi connectivity index (χ1n) is 14.4. The van der Waals surface area contributed by atoms with E-state index in [1.807, 2.05) is 0 Å². The topological polar surface area (TPSA) is 124 Å². The first kappa shape index (κ1) is 29.2. The number of fused-ring (bicyclic) bond motifs is 2. The Balaban J connectivity index is 1.28. The van der Waals surface area contributed by atoms with Gasteiger partial charge in [-0.2, -0.15) is 10.1 Å². The standard InChI is InChI=1S/C29H38ClN7O4S/c1-16(2)42(38,39)28-25(13-36(4)35-28)32-27-23(30)12-31-29(34-27)33-24-8-17(3)22(11-26(24)41-21-6-7-21)18-9-19-14-40-15-20(10-18)37(19)5/h8,11-13,16,18-21H,6-7,9-10,14-15H2,1-5H3,(H2,31,32,33,34). The third-order valence-electron chi connectivity index (χ3n) is 8.44. The SMILES string of the molecule is Cc1cc(Nc2ncc(Cl)c(Nc3cn(C)nc3S(=O)(=O)C(C)C)n2)c(OC2CC2)cc1C1CC2COCC(C1)N2C. The maximum absolute atomic E-state index is 12.9. The van der Waals surface area contributed by atoms with Crippen molar-refractivity contribution in [2.24, 2.45) is 7.05 Å². The van der Waals surface area contributed by atoms with Crippen LogP contribution in [0.3, 0.4) is 0 Å². The summed E-state index contributed by atoms with van der Waals surface area (Å²) in [5.74, 6) is 1.79. The molecule has 2 saturated heterocycles. The fraction of sp³-hybridized carbons (Fsp3) is 0.552. The van der Waals surface area contributed by atoms with E-state index in [4.69, 9.17) is 21.1 Å². The van der Waals surface area contributed by atoms with E-state index in [1.54, 1.807) is 27.1 Å². The Labute approximate surface area is 251 Å². The number of sulfone groups is 1. The Morgan fingerprint density at radius 1 is 1.10 bits per heavy atom. The molecule has 1 saturated carbocycles. The number of morpholine rings is 1. The van der Waals surface area contributed by atoms with Crippen LogP contribution in [0.1, 0.15) is 56.6 Å². The number of nitrogens with zero attached hydrogens (tertiary/aromatic N) is 5. The normalized spacial score (nSPS) is 22.8. The minimum absolute atomic E-state index is 0.0554. The molecule has 0 amide bonds. The minimum atomic E-state index is -3.64. The highest BCUT2D eigenvalue weighted by Gasteiger charge is 2.38. The Bertz CT molecular complexity index is 1580. The van der Waals surface area contributed by atoms with E-state index in [9.17, 15) is 8.42 Å². The molecule has 11 nitrogen and oxygen atoms in total. The summed E-state index contributed by atoms with van der Waals surface area (Å²) < 4.78 is 39.5. The summed E-state index contributed by atoms with van der Waals surface area (Å²) in [6.45, 7) is 6.94. The molecule has 3 aromatic rings. The third-order valence-corrected chi connectivity index (χ3v) is 10.8. The molecule has 1 aliphatic carbocycles. The lowest BCUT2D eigenvalue weighted by atomic mass is 9.79. The number of aromatic nitrogens is 4. The summed E-state index contributed by atoms with van der Waals surface area (Å²) >= 11 is 6.45. The van der Waals surface area contributed by atoms with Crippen molar-refractivity contribution in [2.75, 3.05) is 30.9 Å². The van der Waals surface area contributed by atoms with E-state index >= 15 is 0 Å². The predicted octanol–water partition coefficient (Wildman–Crippen LogP) is 4.96. The van der Waals surface area contributed by atoms with E-state index in [0.717, 1.165) is 50.3 Å². The first-order valence-corrected chi connectivity index (χ1v) is 16.4. The van der Waals surface area contributed by atoms with E-state index in [-0.39, 0.29) is 22.0 Å². The number of nitrogens with one attached hydrogen (secondary N) is 2. The van der Waals surface area contributed by atoms with Crippen LogP contribution in [0.15, 0.2) is 29.6 Å². The zero-order valence-electron chi connectivity index (χ0n) is 24.6. The summed E-state index contributed by atoms with van der Waals surface area (Å²) in [4.78, 5) is 11.5. The Kier molecular flexibility index (Phi) is 7.84. The van der Waals surface area contributed by atoms with Gasteiger partial charge in [0.1, 0.15) is 10.8 Å². The van der Waals surface area contributed by atoms with Crippen LogP contribution in [0.2, 0.25) is 5.02 Å². The van der Waals surface area contributed by atoms with Crippen molar-refractivity contribution < 1.29 is 17.9 Å². The first-order chi connectivity index (χ1) is 20.0. The second-order valence-corrected chi connectivity index (χ2v) is 14.8. The highest BCUT2D eigenvalue weighted by atomic mass is 35.5. The molecule has 2 unspecified atom stereocenters. The largest absolute Gasteiger partial charge is 0.488 e. The summed E-state index contributed by atoms with van der Waals surface area (Å²) in [6, 6.07) is 5.15. The molecule has 13 heteroatoms. The number of benzene rings is 1. The Morgan fingerprint density at radius 3 is 2.48 bits per heavy atom. The molecule has 226 valence electrons. The third kappa shape index (κ3) is 5.82. The highest BCUT2D eigenvalue weighted by molar-refractivity contribution is 7.92. The van der Waals surface area contributed by atoms with Gasteiger partial charge in [0.25, 0.3) is 0 Å². The van der Waals surface area contributed by atoms with Gasteiger partial charge >= 0.3 is 0 Å². The van der Waals surface area contributed by atoms with Crippen LogP contribution in [-0.4, -0.2) is 76.8 Å². The van der Waals surface area contributed by atoms with E-state index in [1.165, 1.54) is 22.0 Å². The molecule has 3 aliphatic rings. The maximum Gasteiger partial charge on any atom is 0.229 e. The number of anilines is 4. The average molecular weight is 616 g/mol. The van der Waals surface area contributed by atoms with Crippen molar-refractivity contribution in [3.8, 4) is 5.75 Å². The minimum Gasteiger partial charge on any atom is -0.488 e. The lowest BCUT2D eigenvalue weighted by Gasteiger charge is -2.47. The molecule has 2 aromatic heterocycles. The van der Waals surface area contributed by atoms with Gasteiger partial charge in [0, 0.05) is 25.3 Å². The second kappa shape index (κ2) is 11.3. The quantitative estimate of drug-likeness (QED) is 0.341. The van der Waals surface area contributed by atoms with E-state index in [2.05, 4.69) is 56.7 Å². The molecule has 0 radical (unpaired) electrons. The number of likely N-dealkylation sites (N-methyl/N-ethyl adjacent to an activating group) is 1. The Hall–Kier alpha value is -2.93. The Morgan fingerprint density at radius 2 is 1.81 bits per heavy atom. The zero-order valence-corrected chi connectivity index (χ0v) is 26.2. The van der Waals surface area contributed by atoms with Crippen LogP contribution in [0.5, 0.6) is 5.75 Å². The predicted molar refractivity (Wildman–Crippen MR) is 162 cm³/mol. The molecule has 3 fully saturated rings. The van der Waals surface area contributed by atoms with Gasteiger partial charge in [-0.25, -0.2) is 13.4 Å². The lowest BCUT2D eigenvalue weighted by molar-refractivity contribution is -0.0654. The van der Waals surface area contributed by atoms with Gasteiger partial charge in [0.2, 0.25) is 20.8 Å². The fourth-order valence-corrected chi connectivity index (χ4v) is 7.04. The number of ether oxygens (including phenoxy) is 2. The van der Waals surface area contributed by atoms with Gasteiger partial charge in [-0.3, -0.25) is 9.58 Å². The van der Waals surface area contributed by atoms with Gasteiger partial charge in [-0.1, -0.05) is 11.6 Å². The second-order valence-electron chi connectivity index (χ2n) is 12.0. The molecule has 6 rings (SSSR count). The van der Waals surface area contributed by atoms with Gasteiger partial charge < -0.3 is 20.1 Å². The van der Waals surface area contributed by atoms with E-state index < -0.39 is 15.1 Å². The fourth-order valence-electron chi connectivity index (χ4n) is 5.80. The van der Waals surface area contributed by atoms with Gasteiger partial charge in [0.05, 0.1) is 42.1 Å². The van der Waals surface area contributed by atoms with Crippen molar-refractivity contribution in [2.45, 2.75) is 80.8 Å². The molecule has 2 bridgehead atoms. The van der Waals surface area contributed by atoms with Crippen LogP contribution in [-0.2, 0) is 21.6 Å². The van der Waals surface area contributed by atoms with Crippen molar-refractivity contribution >= 4 is 44.6 Å². The van der Waals surface area contributed by atoms with Crippen molar-refractivity contribution in [1.82, 2.24) is 24.6 Å². The van der Waals surface area contributed by atoms with Crippen molar-refractivity contribution in [3.63, 3.8) is 0 Å². The molecule has 1 aromatic carbocycles. The lowest BCUT2D eigenvalue weighted by Crippen LogP contribution is -2.54. The summed E-state index contributed by atoms with van der Waals surface area (Å²) in [5, 5.41) is 10.1. The monoisotopic (exact) mass is 615 g/mol. The average Bonchev–Trinajstić information content (AvgIpc) is 3.66. The number of aryl methyl sites for hydroxylation is 2.